The molecule has 1 heterocycles. The lowest BCUT2D eigenvalue weighted by atomic mass is 10.2. The fourth-order valence-electron chi connectivity index (χ4n) is 2.90. The highest BCUT2D eigenvalue weighted by Gasteiger charge is 2.36. The largest absolute Gasteiger partial charge is 0.465 e. The Bertz CT molecular complexity index is 1110. The van der Waals surface area contributed by atoms with Crippen molar-refractivity contribution >= 4 is 42.7 Å². The molecule has 0 radical (unpaired) electrons. The van der Waals surface area contributed by atoms with Crippen molar-refractivity contribution in [3.8, 4) is 5.75 Å². The number of aliphatic hydroxyl groups excluding tert-OH is 1. The third-order valence-corrected chi connectivity index (χ3v) is 6.95. The van der Waals surface area contributed by atoms with Crippen LogP contribution in [0, 0.1) is 0 Å². The number of nitrogens with zero attached hydrogens (tertiary/aromatic N) is 2. The van der Waals surface area contributed by atoms with Gasteiger partial charge in [0, 0.05) is 6.20 Å². The molecule has 0 amide bonds. The molecule has 0 bridgehead atoms. The summed E-state index contributed by atoms with van der Waals surface area (Å²) in [7, 11) is -4.26. The lowest BCUT2D eigenvalue weighted by Gasteiger charge is -2.29. The van der Waals surface area contributed by atoms with Crippen LogP contribution in [0.3, 0.4) is 0 Å². The van der Waals surface area contributed by atoms with Crippen molar-refractivity contribution in [3.05, 3.63) is 53.1 Å². The maximum Gasteiger partial charge on any atom is 0.459 e. The minimum Gasteiger partial charge on any atom is -0.465 e. The van der Waals surface area contributed by atoms with E-state index in [0.717, 1.165) is 4.57 Å². The van der Waals surface area contributed by atoms with E-state index in [4.69, 9.17) is 47.5 Å². The number of para-hydroxylation sites is 1. The van der Waals surface area contributed by atoms with Crippen molar-refractivity contribution in [1.82, 2.24) is 14.6 Å². The van der Waals surface area contributed by atoms with Gasteiger partial charge in [-0.15, -0.1) is 23.2 Å². The molecular weight excluding hydrogens is 550 g/mol. The number of esters is 1. The van der Waals surface area contributed by atoms with Gasteiger partial charge in [-0.25, -0.2) is 9.36 Å². The van der Waals surface area contributed by atoms with Crippen LogP contribution in [-0.4, -0.2) is 56.9 Å². The van der Waals surface area contributed by atoms with Crippen LogP contribution in [0.5, 0.6) is 5.75 Å². The number of nitrogens with two attached hydrogens (primary N) is 1. The van der Waals surface area contributed by atoms with E-state index in [1.54, 1.807) is 18.2 Å². The first-order valence-electron chi connectivity index (χ1n) is 11.4. The number of nitrogens with one attached hydrogen (secondary N) is 1. The average molecular weight is 581 g/mol. The molecule has 0 aliphatic heterocycles. The highest BCUT2D eigenvalue weighted by Crippen LogP contribution is 2.45. The van der Waals surface area contributed by atoms with E-state index in [1.807, 2.05) is 6.92 Å². The van der Waals surface area contributed by atoms with Gasteiger partial charge in [0.2, 0.25) is 0 Å². The summed E-state index contributed by atoms with van der Waals surface area (Å²) in [5, 5.41) is 13.1. The van der Waals surface area contributed by atoms with Gasteiger partial charge in [-0.1, -0.05) is 25.1 Å². The molecule has 2 rings (SSSR count). The first-order valence-corrected chi connectivity index (χ1v) is 13.8. The van der Waals surface area contributed by atoms with Crippen molar-refractivity contribution in [2.24, 2.45) is 0 Å². The van der Waals surface area contributed by atoms with Crippen molar-refractivity contribution in [2.45, 2.75) is 56.5 Å². The molecule has 206 valence electrons. The molecule has 0 saturated carbocycles. The Hall–Kier alpha value is -2.18. The zero-order chi connectivity index (χ0) is 27.6. The Morgan fingerprint density at radius 2 is 1.92 bits per heavy atom. The number of aromatic nitrogens is 2. The van der Waals surface area contributed by atoms with E-state index in [2.05, 4.69) is 10.1 Å². The van der Waals surface area contributed by atoms with Gasteiger partial charge < -0.3 is 24.8 Å². The molecule has 2 aromatic rings. The van der Waals surface area contributed by atoms with E-state index < -0.39 is 55.3 Å². The quantitative estimate of drug-likeness (QED) is 0.161. The zero-order valence-corrected chi connectivity index (χ0v) is 22.9. The SMILES string of the molecule is CCCOC(=O)[C@H](C)NP(=O)(OCC(O[C@H](C)n1ccc(N)nc1=O)C(O)C(Cl)Cl)Oc1ccccc1. The Morgan fingerprint density at radius 3 is 2.51 bits per heavy atom. The summed E-state index contributed by atoms with van der Waals surface area (Å²) in [6, 6.07) is 8.43. The molecule has 1 aromatic carbocycles. The first kappa shape index (κ1) is 31.0. The number of aliphatic hydroxyl groups is 1. The van der Waals surface area contributed by atoms with Crippen LogP contribution in [0.4, 0.5) is 5.82 Å². The number of hydrogen-bond donors (Lipinski definition) is 3. The molecule has 0 aliphatic rings. The summed E-state index contributed by atoms with van der Waals surface area (Å²) >= 11 is 11.7. The second-order valence-electron chi connectivity index (χ2n) is 7.86. The smallest absolute Gasteiger partial charge is 0.459 e. The number of hydrogen-bond acceptors (Lipinski definition) is 10. The Morgan fingerprint density at radius 1 is 1.24 bits per heavy atom. The Labute approximate surface area is 224 Å². The Balaban J connectivity index is 2.25. The van der Waals surface area contributed by atoms with Crippen molar-refractivity contribution in [1.29, 1.82) is 0 Å². The third kappa shape index (κ3) is 9.90. The zero-order valence-electron chi connectivity index (χ0n) is 20.5. The highest BCUT2D eigenvalue weighted by atomic mass is 35.5. The summed E-state index contributed by atoms with van der Waals surface area (Å²) < 4.78 is 36.8. The fraction of sp³-hybridized carbons (Fsp3) is 0.500. The van der Waals surface area contributed by atoms with Crippen LogP contribution in [0.25, 0.3) is 0 Å². The van der Waals surface area contributed by atoms with Crippen molar-refractivity contribution < 1.29 is 33.0 Å². The van der Waals surface area contributed by atoms with E-state index in [1.165, 1.54) is 38.2 Å². The molecule has 0 aliphatic carbocycles. The minimum absolute atomic E-state index is 0.0200. The molecular formula is C22H31Cl2N4O8P. The molecule has 4 N–H and O–H groups in total. The molecule has 0 fully saturated rings. The normalized spacial score (nSPS) is 16.4. The van der Waals surface area contributed by atoms with Gasteiger partial charge in [0.25, 0.3) is 0 Å². The fourth-order valence-corrected chi connectivity index (χ4v) is 4.73. The number of benzene rings is 1. The van der Waals surface area contributed by atoms with Crippen LogP contribution in [0.2, 0.25) is 0 Å². The van der Waals surface area contributed by atoms with E-state index in [0.29, 0.717) is 6.42 Å². The van der Waals surface area contributed by atoms with Crippen LogP contribution in [0.1, 0.15) is 33.4 Å². The lowest BCUT2D eigenvalue weighted by molar-refractivity contribution is -0.145. The summed E-state index contributed by atoms with van der Waals surface area (Å²) in [6.07, 6.45) is -1.85. The third-order valence-electron chi connectivity index (χ3n) is 4.79. The van der Waals surface area contributed by atoms with Crippen LogP contribution < -0.4 is 21.0 Å². The number of alkyl halides is 2. The summed E-state index contributed by atoms with van der Waals surface area (Å²) in [4.78, 5) is 26.7. The van der Waals surface area contributed by atoms with E-state index in [9.17, 15) is 19.3 Å². The first-order chi connectivity index (χ1) is 17.5. The van der Waals surface area contributed by atoms with Crippen LogP contribution in [0.15, 0.2) is 47.4 Å². The second kappa shape index (κ2) is 14.7. The molecule has 0 spiro atoms. The lowest BCUT2D eigenvalue weighted by Crippen LogP contribution is -2.41. The summed E-state index contributed by atoms with van der Waals surface area (Å²) in [5.74, 6) is -0.460. The average Bonchev–Trinajstić information content (AvgIpc) is 2.84. The highest BCUT2D eigenvalue weighted by molar-refractivity contribution is 7.52. The molecule has 12 nitrogen and oxygen atoms in total. The molecule has 3 unspecified atom stereocenters. The standard InChI is InChI=1S/C22H31Cl2N4O8P/c1-4-12-33-21(30)14(2)27-37(32,36-16-8-6-5-7-9-16)34-13-17(19(29)20(23)24)35-15(3)28-11-10-18(25)26-22(28)31/h5-11,14-15,17,19-20,29H,4,12-13H2,1-3H3,(H,27,32)(H2,25,26,31)/t14-,15+,17?,19?,37?/m0/s1. The topological polar surface area (TPSA) is 164 Å². The second-order valence-corrected chi connectivity index (χ2v) is 10.7. The van der Waals surface area contributed by atoms with Gasteiger partial charge in [0.05, 0.1) is 13.2 Å². The van der Waals surface area contributed by atoms with Gasteiger partial charge in [0.15, 0.2) is 0 Å². The maximum atomic E-state index is 13.7. The number of carbonyl (C=O) groups is 1. The predicted octanol–water partition coefficient (Wildman–Crippen LogP) is 3.03. The number of ether oxygens (including phenoxy) is 2. The van der Waals surface area contributed by atoms with Crippen molar-refractivity contribution in [3.63, 3.8) is 0 Å². The summed E-state index contributed by atoms with van der Waals surface area (Å²) in [5.41, 5.74) is 4.82. The number of nitrogen functional groups attached to an aromatic ring is 1. The number of anilines is 1. The van der Waals surface area contributed by atoms with Gasteiger partial charge in [-0.05, 0) is 38.5 Å². The monoisotopic (exact) mass is 580 g/mol. The van der Waals surface area contributed by atoms with Crippen LogP contribution in [-0.2, 0) is 23.4 Å². The summed E-state index contributed by atoms with van der Waals surface area (Å²) in [6.45, 7) is 4.38. The van der Waals surface area contributed by atoms with Crippen molar-refractivity contribution in [2.75, 3.05) is 18.9 Å². The van der Waals surface area contributed by atoms with Gasteiger partial charge in [0.1, 0.15) is 40.9 Å². The van der Waals surface area contributed by atoms with Gasteiger partial charge >= 0.3 is 19.4 Å². The van der Waals surface area contributed by atoms with Gasteiger partial charge in [-0.2, -0.15) is 10.1 Å². The molecule has 5 atom stereocenters. The minimum atomic E-state index is -4.26. The molecule has 1 aromatic heterocycles. The van der Waals surface area contributed by atoms with E-state index in [-0.39, 0.29) is 18.2 Å². The van der Waals surface area contributed by atoms with E-state index >= 15 is 0 Å². The predicted molar refractivity (Wildman–Crippen MR) is 138 cm³/mol. The van der Waals surface area contributed by atoms with Gasteiger partial charge in [-0.3, -0.25) is 13.9 Å². The van der Waals surface area contributed by atoms with Crippen LogP contribution >= 0.6 is 30.9 Å². The Kier molecular flexibility index (Phi) is 12.3. The molecule has 0 saturated heterocycles. The molecule has 37 heavy (non-hydrogen) atoms. The number of carbonyl (C=O) groups excluding carboxylic acids is 1. The number of halogens is 2. The molecule has 15 heteroatoms. The maximum absolute atomic E-state index is 13.7. The number of rotatable bonds is 15.